The van der Waals surface area contributed by atoms with Gasteiger partial charge in [0.25, 0.3) is 0 Å². The molecule has 0 radical (unpaired) electrons. The van der Waals surface area contributed by atoms with Gasteiger partial charge in [0.15, 0.2) is 5.76 Å². The summed E-state index contributed by atoms with van der Waals surface area (Å²) in [5.41, 5.74) is 2.26. The summed E-state index contributed by atoms with van der Waals surface area (Å²) < 4.78 is 18.7. The Morgan fingerprint density at radius 1 is 1.05 bits per heavy atom. The number of hydrogen-bond acceptors (Lipinski definition) is 2. The Labute approximate surface area is 122 Å². The molecule has 0 saturated heterocycles. The van der Waals surface area contributed by atoms with Crippen molar-refractivity contribution in [1.29, 1.82) is 0 Å². The van der Waals surface area contributed by atoms with Crippen LogP contribution in [0.3, 0.4) is 0 Å². The van der Waals surface area contributed by atoms with Crippen molar-refractivity contribution in [2.45, 2.75) is 19.8 Å². The van der Waals surface area contributed by atoms with Crippen molar-refractivity contribution < 1.29 is 13.6 Å². The summed E-state index contributed by atoms with van der Waals surface area (Å²) in [6, 6.07) is 13.3. The fraction of sp³-hybridized carbons (Fsp3) is 0.167. The number of benzene rings is 2. The second-order valence-corrected chi connectivity index (χ2v) is 5.40. The smallest absolute Gasteiger partial charge is 0.228 e. The Balaban J connectivity index is 1.95. The normalized spacial score (nSPS) is 11.2. The van der Waals surface area contributed by atoms with E-state index in [4.69, 9.17) is 4.42 Å². The molecule has 0 aliphatic rings. The van der Waals surface area contributed by atoms with E-state index in [9.17, 15) is 9.18 Å². The lowest BCUT2D eigenvalue weighted by Crippen LogP contribution is -1.99. The molecule has 21 heavy (non-hydrogen) atoms. The first-order valence-corrected chi connectivity index (χ1v) is 6.88. The van der Waals surface area contributed by atoms with Crippen molar-refractivity contribution >= 4 is 16.8 Å². The van der Waals surface area contributed by atoms with Crippen LogP contribution in [0.5, 0.6) is 0 Å². The lowest BCUT2D eigenvalue weighted by molar-refractivity contribution is 0.101. The molecule has 0 fully saturated rings. The van der Waals surface area contributed by atoms with Crippen LogP contribution in [-0.2, 0) is 0 Å². The molecule has 0 atom stereocenters. The predicted molar refractivity (Wildman–Crippen MR) is 80.1 cm³/mol. The minimum absolute atomic E-state index is 0.193. The number of rotatable bonds is 3. The van der Waals surface area contributed by atoms with Crippen molar-refractivity contribution in [3.63, 3.8) is 0 Å². The highest BCUT2D eigenvalue weighted by atomic mass is 19.1. The number of carbonyl (C=O) groups excluding carboxylic acids is 1. The second kappa shape index (κ2) is 5.17. The SMILES string of the molecule is CC(C)c1ccc(C(=O)c2cc3cc(F)ccc3o2)cc1. The van der Waals surface area contributed by atoms with Crippen molar-refractivity contribution in [1.82, 2.24) is 0 Å². The molecule has 2 nitrogen and oxygen atoms in total. The molecule has 0 N–H and O–H groups in total. The van der Waals surface area contributed by atoms with Crippen LogP contribution in [0.15, 0.2) is 52.9 Å². The van der Waals surface area contributed by atoms with Gasteiger partial charge in [0, 0.05) is 10.9 Å². The molecular weight excluding hydrogens is 267 g/mol. The molecule has 0 unspecified atom stereocenters. The van der Waals surface area contributed by atoms with E-state index in [1.165, 1.54) is 23.8 Å². The van der Waals surface area contributed by atoms with Gasteiger partial charge < -0.3 is 4.42 Å². The highest BCUT2D eigenvalue weighted by Crippen LogP contribution is 2.23. The summed E-state index contributed by atoms with van der Waals surface area (Å²) in [7, 11) is 0. The Morgan fingerprint density at radius 2 is 1.76 bits per heavy atom. The highest BCUT2D eigenvalue weighted by Gasteiger charge is 2.15. The average molecular weight is 282 g/mol. The molecule has 0 aliphatic heterocycles. The van der Waals surface area contributed by atoms with Gasteiger partial charge >= 0.3 is 0 Å². The minimum atomic E-state index is -0.344. The first-order valence-electron chi connectivity index (χ1n) is 6.88. The minimum Gasteiger partial charge on any atom is -0.453 e. The molecule has 0 amide bonds. The Hall–Kier alpha value is -2.42. The summed E-state index contributed by atoms with van der Waals surface area (Å²) in [5, 5.41) is 0.595. The van der Waals surface area contributed by atoms with E-state index in [0.717, 1.165) is 0 Å². The van der Waals surface area contributed by atoms with Crippen LogP contribution in [0.4, 0.5) is 4.39 Å². The van der Waals surface area contributed by atoms with E-state index in [1.807, 2.05) is 12.1 Å². The summed E-state index contributed by atoms with van der Waals surface area (Å²) >= 11 is 0. The molecule has 106 valence electrons. The van der Waals surface area contributed by atoms with E-state index in [2.05, 4.69) is 13.8 Å². The molecule has 0 saturated carbocycles. The predicted octanol–water partition coefficient (Wildman–Crippen LogP) is 4.93. The lowest BCUT2D eigenvalue weighted by Gasteiger charge is -2.05. The van der Waals surface area contributed by atoms with Crippen molar-refractivity contribution in [3.05, 3.63) is 71.2 Å². The van der Waals surface area contributed by atoms with E-state index < -0.39 is 0 Å². The van der Waals surface area contributed by atoms with Crippen molar-refractivity contribution in [3.8, 4) is 0 Å². The topological polar surface area (TPSA) is 30.2 Å². The summed E-state index contributed by atoms with van der Waals surface area (Å²) in [6.45, 7) is 4.20. The van der Waals surface area contributed by atoms with E-state index in [-0.39, 0.29) is 17.4 Å². The zero-order valence-electron chi connectivity index (χ0n) is 11.9. The second-order valence-electron chi connectivity index (χ2n) is 5.40. The van der Waals surface area contributed by atoms with Crippen LogP contribution in [0.2, 0.25) is 0 Å². The molecule has 2 aromatic carbocycles. The highest BCUT2D eigenvalue weighted by molar-refractivity contribution is 6.09. The Bertz CT molecular complexity index is 798. The van der Waals surface area contributed by atoms with E-state index in [1.54, 1.807) is 18.2 Å². The quantitative estimate of drug-likeness (QED) is 0.638. The fourth-order valence-corrected chi connectivity index (χ4v) is 2.29. The maximum absolute atomic E-state index is 13.2. The van der Waals surface area contributed by atoms with Gasteiger partial charge in [-0.05, 0) is 35.7 Å². The largest absolute Gasteiger partial charge is 0.453 e. The number of halogens is 1. The van der Waals surface area contributed by atoms with Crippen molar-refractivity contribution in [2.24, 2.45) is 0 Å². The van der Waals surface area contributed by atoms with Crippen LogP contribution in [-0.4, -0.2) is 5.78 Å². The number of carbonyl (C=O) groups is 1. The van der Waals surface area contributed by atoms with Crippen LogP contribution < -0.4 is 0 Å². The maximum atomic E-state index is 13.2. The summed E-state index contributed by atoms with van der Waals surface area (Å²) in [4.78, 5) is 12.4. The molecule has 0 spiro atoms. The molecule has 3 heteroatoms. The molecule has 1 aromatic heterocycles. The Kier molecular flexibility index (Phi) is 3.34. The number of furan rings is 1. The molecular formula is C18H15FO2. The van der Waals surface area contributed by atoms with Gasteiger partial charge in [0.1, 0.15) is 11.4 Å². The molecule has 0 bridgehead atoms. The van der Waals surface area contributed by atoms with Gasteiger partial charge in [-0.3, -0.25) is 4.79 Å². The van der Waals surface area contributed by atoms with Crippen LogP contribution in [0, 0.1) is 5.82 Å². The molecule has 1 heterocycles. The molecule has 3 rings (SSSR count). The van der Waals surface area contributed by atoms with Crippen LogP contribution in [0.1, 0.15) is 41.4 Å². The zero-order chi connectivity index (χ0) is 15.0. The van der Waals surface area contributed by atoms with Gasteiger partial charge in [-0.1, -0.05) is 38.1 Å². The monoisotopic (exact) mass is 282 g/mol. The fourth-order valence-electron chi connectivity index (χ4n) is 2.29. The van der Waals surface area contributed by atoms with Crippen molar-refractivity contribution in [2.75, 3.05) is 0 Å². The first kappa shape index (κ1) is 13.6. The van der Waals surface area contributed by atoms with Gasteiger partial charge in [-0.2, -0.15) is 0 Å². The van der Waals surface area contributed by atoms with Crippen LogP contribution >= 0.6 is 0 Å². The first-order chi connectivity index (χ1) is 10.0. The van der Waals surface area contributed by atoms with Gasteiger partial charge in [0.2, 0.25) is 5.78 Å². The van der Waals surface area contributed by atoms with E-state index in [0.29, 0.717) is 22.5 Å². The molecule has 3 aromatic rings. The van der Waals surface area contributed by atoms with E-state index >= 15 is 0 Å². The van der Waals surface area contributed by atoms with Gasteiger partial charge in [0.05, 0.1) is 0 Å². The number of ketones is 1. The third-order valence-electron chi connectivity index (χ3n) is 3.54. The lowest BCUT2D eigenvalue weighted by atomic mass is 10.00. The summed E-state index contributed by atoms with van der Waals surface area (Å²) in [5.74, 6) is 0.113. The number of hydrogen-bond donors (Lipinski definition) is 0. The molecule has 0 aliphatic carbocycles. The average Bonchev–Trinajstić information content (AvgIpc) is 2.89. The zero-order valence-corrected chi connectivity index (χ0v) is 11.9. The van der Waals surface area contributed by atoms with Gasteiger partial charge in [-0.25, -0.2) is 4.39 Å². The van der Waals surface area contributed by atoms with Gasteiger partial charge in [-0.15, -0.1) is 0 Å². The standard InChI is InChI=1S/C18H15FO2/c1-11(2)12-3-5-13(6-4-12)18(20)17-10-14-9-15(19)7-8-16(14)21-17/h3-11H,1-2H3. The third-order valence-corrected chi connectivity index (χ3v) is 3.54. The number of fused-ring (bicyclic) bond motifs is 1. The van der Waals surface area contributed by atoms with Crippen LogP contribution in [0.25, 0.3) is 11.0 Å². The third kappa shape index (κ3) is 2.59. The Morgan fingerprint density at radius 3 is 2.43 bits per heavy atom. The maximum Gasteiger partial charge on any atom is 0.228 e. The summed E-state index contributed by atoms with van der Waals surface area (Å²) in [6.07, 6.45) is 0.